The Hall–Kier alpha value is -3.00. The molecule has 2 aromatic carbocycles. The molecule has 4 rings (SSSR count). The molecule has 0 saturated heterocycles. The Balaban J connectivity index is 1.46. The number of carbonyl (C=O) groups excluding carboxylic acids is 1. The molecular weight excluding hydrogens is 368 g/mol. The zero-order chi connectivity index (χ0) is 18.8. The number of hydrogen-bond donors (Lipinski definition) is 0. The molecule has 0 saturated carbocycles. The molecule has 0 aliphatic carbocycles. The molecule has 3 aromatic rings. The van der Waals surface area contributed by atoms with Crippen molar-refractivity contribution in [3.63, 3.8) is 0 Å². The van der Waals surface area contributed by atoms with Gasteiger partial charge in [0.05, 0.1) is 12.4 Å². The summed E-state index contributed by atoms with van der Waals surface area (Å²) in [5.74, 6) is 2.37. The summed E-state index contributed by atoms with van der Waals surface area (Å²) < 4.78 is 21.5. The molecule has 0 unspecified atom stereocenters. The SMILES string of the molecule is COc1ccc(C(=O)[C@@H](C)Sc2nnc(-c3ccc4c(c3)OCO4)o2)cc1. The largest absolute Gasteiger partial charge is 0.497 e. The molecule has 7 nitrogen and oxygen atoms in total. The quantitative estimate of drug-likeness (QED) is 0.468. The number of aromatic nitrogens is 2. The Labute approximate surface area is 159 Å². The van der Waals surface area contributed by atoms with E-state index in [1.165, 1.54) is 11.8 Å². The lowest BCUT2D eigenvalue weighted by atomic mass is 10.1. The van der Waals surface area contributed by atoms with Gasteiger partial charge in [0.25, 0.3) is 5.22 Å². The predicted octanol–water partition coefficient (Wildman–Crippen LogP) is 3.84. The molecule has 0 fully saturated rings. The van der Waals surface area contributed by atoms with Gasteiger partial charge >= 0.3 is 0 Å². The Morgan fingerprint density at radius 3 is 2.67 bits per heavy atom. The second-order valence-electron chi connectivity index (χ2n) is 5.79. The van der Waals surface area contributed by atoms with Crippen LogP contribution in [0.5, 0.6) is 17.2 Å². The van der Waals surface area contributed by atoms with E-state index >= 15 is 0 Å². The summed E-state index contributed by atoms with van der Waals surface area (Å²) in [4.78, 5) is 12.6. The first-order chi connectivity index (χ1) is 13.1. The number of fused-ring (bicyclic) bond motifs is 1. The topological polar surface area (TPSA) is 83.7 Å². The van der Waals surface area contributed by atoms with Crippen LogP contribution < -0.4 is 14.2 Å². The first-order valence-electron chi connectivity index (χ1n) is 8.22. The highest BCUT2D eigenvalue weighted by molar-refractivity contribution is 8.00. The first-order valence-corrected chi connectivity index (χ1v) is 9.10. The van der Waals surface area contributed by atoms with E-state index in [-0.39, 0.29) is 17.8 Å². The van der Waals surface area contributed by atoms with Crippen molar-refractivity contribution in [3.05, 3.63) is 48.0 Å². The van der Waals surface area contributed by atoms with Gasteiger partial charge in [-0.15, -0.1) is 10.2 Å². The Morgan fingerprint density at radius 2 is 1.89 bits per heavy atom. The van der Waals surface area contributed by atoms with Gasteiger partial charge in [-0.25, -0.2) is 0 Å². The van der Waals surface area contributed by atoms with Crippen LogP contribution in [0.15, 0.2) is 52.1 Å². The van der Waals surface area contributed by atoms with Crippen molar-refractivity contribution in [2.75, 3.05) is 13.9 Å². The van der Waals surface area contributed by atoms with Gasteiger partial charge in [0.15, 0.2) is 17.3 Å². The number of ether oxygens (including phenoxy) is 3. The predicted molar refractivity (Wildman–Crippen MR) is 98.5 cm³/mol. The summed E-state index contributed by atoms with van der Waals surface area (Å²) in [7, 11) is 1.59. The maximum absolute atomic E-state index is 12.6. The average Bonchev–Trinajstić information content (AvgIpc) is 3.36. The lowest BCUT2D eigenvalue weighted by Crippen LogP contribution is -2.13. The number of nitrogens with zero attached hydrogens (tertiary/aromatic N) is 2. The molecule has 8 heteroatoms. The summed E-state index contributed by atoms with van der Waals surface area (Å²) in [5, 5.41) is 8.05. The van der Waals surface area contributed by atoms with E-state index in [0.717, 1.165) is 5.56 Å². The van der Waals surface area contributed by atoms with E-state index in [0.29, 0.717) is 33.9 Å². The van der Waals surface area contributed by atoms with Crippen LogP contribution in [0.25, 0.3) is 11.5 Å². The van der Waals surface area contributed by atoms with Crippen LogP contribution in [0, 0.1) is 0 Å². The van der Waals surface area contributed by atoms with Crippen molar-refractivity contribution in [2.45, 2.75) is 17.4 Å². The van der Waals surface area contributed by atoms with Crippen LogP contribution in [-0.4, -0.2) is 35.1 Å². The Morgan fingerprint density at radius 1 is 1.11 bits per heavy atom. The molecule has 1 aromatic heterocycles. The number of thioether (sulfide) groups is 1. The molecule has 138 valence electrons. The summed E-state index contributed by atoms with van der Waals surface area (Å²) in [6.45, 7) is 2.01. The van der Waals surface area contributed by atoms with E-state index in [9.17, 15) is 4.79 Å². The highest BCUT2D eigenvalue weighted by Gasteiger charge is 2.21. The van der Waals surface area contributed by atoms with Crippen LogP contribution >= 0.6 is 11.8 Å². The van der Waals surface area contributed by atoms with Gasteiger partial charge < -0.3 is 18.6 Å². The number of methoxy groups -OCH3 is 1. The van der Waals surface area contributed by atoms with E-state index in [1.807, 2.05) is 13.0 Å². The van der Waals surface area contributed by atoms with Gasteiger partial charge in [0, 0.05) is 11.1 Å². The lowest BCUT2D eigenvalue weighted by Gasteiger charge is -2.08. The maximum atomic E-state index is 12.6. The molecule has 1 aliphatic heterocycles. The number of carbonyl (C=O) groups is 1. The summed E-state index contributed by atoms with van der Waals surface area (Å²) in [5.41, 5.74) is 1.33. The molecule has 1 aliphatic rings. The van der Waals surface area contributed by atoms with E-state index in [4.69, 9.17) is 18.6 Å². The molecule has 0 amide bonds. The third kappa shape index (κ3) is 3.61. The number of benzene rings is 2. The highest BCUT2D eigenvalue weighted by Crippen LogP contribution is 2.36. The number of Topliss-reactive ketones (excluding diaryl/α,β-unsaturated/α-hetero) is 1. The van der Waals surface area contributed by atoms with Crippen molar-refractivity contribution in [3.8, 4) is 28.7 Å². The molecular formula is C19H16N2O5S. The summed E-state index contributed by atoms with van der Waals surface area (Å²) in [6, 6.07) is 12.4. The van der Waals surface area contributed by atoms with Gasteiger partial charge in [-0.2, -0.15) is 0 Å². The Bertz CT molecular complexity index is 970. The van der Waals surface area contributed by atoms with Crippen molar-refractivity contribution in [1.29, 1.82) is 0 Å². The second kappa shape index (κ2) is 7.32. The lowest BCUT2D eigenvalue weighted by molar-refractivity contribution is 0.0993. The van der Waals surface area contributed by atoms with E-state index in [1.54, 1.807) is 43.5 Å². The summed E-state index contributed by atoms with van der Waals surface area (Å²) in [6.07, 6.45) is 0. The minimum atomic E-state index is -0.372. The number of ketones is 1. The fraction of sp³-hybridized carbons (Fsp3) is 0.211. The van der Waals surface area contributed by atoms with Crippen LogP contribution in [0.4, 0.5) is 0 Å². The molecule has 1 atom stereocenters. The molecule has 2 heterocycles. The third-order valence-electron chi connectivity index (χ3n) is 4.05. The minimum absolute atomic E-state index is 0.0227. The van der Waals surface area contributed by atoms with Gasteiger partial charge in [-0.3, -0.25) is 4.79 Å². The van der Waals surface area contributed by atoms with Crippen molar-refractivity contribution < 1.29 is 23.4 Å². The van der Waals surface area contributed by atoms with Crippen molar-refractivity contribution in [1.82, 2.24) is 10.2 Å². The fourth-order valence-electron chi connectivity index (χ4n) is 2.60. The standard InChI is InChI=1S/C19H16N2O5S/c1-11(17(22)12-3-6-14(23-2)7-4-12)27-19-21-20-18(26-19)13-5-8-15-16(9-13)25-10-24-15/h3-9,11H,10H2,1-2H3/t11-/m1/s1. The molecule has 27 heavy (non-hydrogen) atoms. The zero-order valence-corrected chi connectivity index (χ0v) is 15.5. The second-order valence-corrected chi connectivity index (χ2v) is 7.09. The highest BCUT2D eigenvalue weighted by atomic mass is 32.2. The fourth-order valence-corrected chi connectivity index (χ4v) is 3.36. The van der Waals surface area contributed by atoms with E-state index < -0.39 is 0 Å². The number of rotatable bonds is 6. The first kappa shape index (κ1) is 17.4. The van der Waals surface area contributed by atoms with E-state index in [2.05, 4.69) is 10.2 Å². The molecule has 0 bridgehead atoms. The van der Waals surface area contributed by atoms with Crippen LogP contribution in [0.1, 0.15) is 17.3 Å². The monoisotopic (exact) mass is 384 g/mol. The Kier molecular flexibility index (Phi) is 4.72. The molecule has 0 spiro atoms. The van der Waals surface area contributed by atoms with Crippen molar-refractivity contribution in [2.24, 2.45) is 0 Å². The zero-order valence-electron chi connectivity index (χ0n) is 14.7. The van der Waals surface area contributed by atoms with Gasteiger partial charge in [-0.1, -0.05) is 11.8 Å². The van der Waals surface area contributed by atoms with Gasteiger partial charge in [0.1, 0.15) is 5.75 Å². The molecule has 0 N–H and O–H groups in total. The summed E-state index contributed by atoms with van der Waals surface area (Å²) >= 11 is 1.22. The van der Waals surface area contributed by atoms with Crippen LogP contribution in [-0.2, 0) is 0 Å². The average molecular weight is 384 g/mol. The van der Waals surface area contributed by atoms with Crippen LogP contribution in [0.2, 0.25) is 0 Å². The maximum Gasteiger partial charge on any atom is 0.277 e. The van der Waals surface area contributed by atoms with Crippen molar-refractivity contribution >= 4 is 17.5 Å². The van der Waals surface area contributed by atoms with Crippen LogP contribution in [0.3, 0.4) is 0 Å². The third-order valence-corrected chi connectivity index (χ3v) is 4.98. The normalized spacial score (nSPS) is 13.4. The van der Waals surface area contributed by atoms with Gasteiger partial charge in [-0.05, 0) is 49.4 Å². The minimum Gasteiger partial charge on any atom is -0.497 e. The smallest absolute Gasteiger partial charge is 0.277 e. The van der Waals surface area contributed by atoms with Gasteiger partial charge in [0.2, 0.25) is 12.7 Å². The number of hydrogen-bond acceptors (Lipinski definition) is 8. The molecule has 0 radical (unpaired) electrons.